The van der Waals surface area contributed by atoms with Crippen LogP contribution in [0, 0.1) is 0 Å². The molecule has 0 fully saturated rings. The zero-order valence-corrected chi connectivity index (χ0v) is 10.3. The molecule has 1 unspecified atom stereocenters. The lowest BCUT2D eigenvalue weighted by atomic mass is 10.1. The molecule has 3 nitrogen and oxygen atoms in total. The topological polar surface area (TPSA) is 55.5 Å². The van der Waals surface area contributed by atoms with Gasteiger partial charge in [-0.05, 0) is 30.7 Å². The Morgan fingerprint density at radius 2 is 1.89 bits per heavy atom. The van der Waals surface area contributed by atoms with Crippen LogP contribution < -0.4 is 10.5 Å². The van der Waals surface area contributed by atoms with Gasteiger partial charge in [-0.3, -0.25) is 0 Å². The van der Waals surface area contributed by atoms with Gasteiger partial charge in [-0.25, -0.2) is 0 Å². The van der Waals surface area contributed by atoms with Crippen LogP contribution in [0.3, 0.4) is 0 Å². The molecule has 94 valence electrons. The molecule has 3 N–H and O–H groups in total. The highest BCUT2D eigenvalue weighted by molar-refractivity contribution is 5.51. The van der Waals surface area contributed by atoms with Crippen molar-refractivity contribution < 1.29 is 9.84 Å². The van der Waals surface area contributed by atoms with Crippen LogP contribution in [0.5, 0.6) is 5.75 Å². The Bertz CT molecular complexity index is 509. The molecule has 0 amide bonds. The highest BCUT2D eigenvalue weighted by Gasteiger charge is 2.07. The first kappa shape index (κ1) is 12.5. The highest BCUT2D eigenvalue weighted by Crippen LogP contribution is 2.25. The van der Waals surface area contributed by atoms with Gasteiger partial charge in [-0.15, -0.1) is 0 Å². The molecular weight excluding hydrogens is 226 g/mol. The molecule has 0 aliphatic rings. The summed E-state index contributed by atoms with van der Waals surface area (Å²) in [5, 5.41) is 9.58. The number of nitrogen functional groups attached to an aromatic ring is 1. The van der Waals surface area contributed by atoms with E-state index in [2.05, 4.69) is 0 Å². The van der Waals surface area contributed by atoms with Gasteiger partial charge >= 0.3 is 0 Å². The van der Waals surface area contributed by atoms with E-state index in [-0.39, 0.29) is 0 Å². The lowest BCUT2D eigenvalue weighted by molar-refractivity contribution is 0.199. The lowest BCUT2D eigenvalue weighted by Crippen LogP contribution is -2.01. The fourth-order valence-electron chi connectivity index (χ4n) is 1.75. The average Bonchev–Trinajstić information content (AvgIpc) is 2.38. The predicted molar refractivity (Wildman–Crippen MR) is 72.3 cm³/mol. The minimum absolute atomic E-state index is 0.504. The third-order valence-electron chi connectivity index (χ3n) is 2.76. The molecule has 2 aromatic rings. The SMILES string of the molecule is CC(O)c1cc(OCc2ccccc2)ccc1N. The van der Waals surface area contributed by atoms with E-state index in [9.17, 15) is 5.11 Å². The number of benzene rings is 2. The number of aliphatic hydroxyl groups is 1. The molecule has 0 radical (unpaired) electrons. The fourth-order valence-corrected chi connectivity index (χ4v) is 1.75. The molecule has 0 aliphatic carbocycles. The second-order valence-electron chi connectivity index (χ2n) is 4.24. The van der Waals surface area contributed by atoms with Gasteiger partial charge < -0.3 is 15.6 Å². The maximum Gasteiger partial charge on any atom is 0.120 e. The number of ether oxygens (including phenoxy) is 1. The maximum atomic E-state index is 9.58. The summed E-state index contributed by atoms with van der Waals surface area (Å²) in [6.07, 6.45) is -0.592. The first-order valence-corrected chi connectivity index (χ1v) is 5.91. The fraction of sp³-hybridized carbons (Fsp3) is 0.200. The average molecular weight is 243 g/mol. The molecule has 0 spiro atoms. The third kappa shape index (κ3) is 3.02. The molecule has 0 aliphatic heterocycles. The summed E-state index contributed by atoms with van der Waals surface area (Å²) in [6.45, 7) is 2.19. The Balaban J connectivity index is 2.08. The van der Waals surface area contributed by atoms with Crippen LogP contribution >= 0.6 is 0 Å². The lowest BCUT2D eigenvalue weighted by Gasteiger charge is -2.12. The summed E-state index contributed by atoms with van der Waals surface area (Å²) in [6, 6.07) is 15.3. The molecule has 2 aromatic carbocycles. The quantitative estimate of drug-likeness (QED) is 0.812. The Morgan fingerprint density at radius 1 is 1.17 bits per heavy atom. The van der Waals surface area contributed by atoms with Gasteiger partial charge in [-0.1, -0.05) is 30.3 Å². The third-order valence-corrected chi connectivity index (χ3v) is 2.76. The van der Waals surface area contributed by atoms with E-state index in [1.165, 1.54) is 0 Å². The van der Waals surface area contributed by atoms with Crippen LogP contribution in [0.1, 0.15) is 24.2 Å². The Morgan fingerprint density at radius 3 is 2.56 bits per heavy atom. The van der Waals surface area contributed by atoms with Gasteiger partial charge in [0.15, 0.2) is 0 Å². The van der Waals surface area contributed by atoms with E-state index in [4.69, 9.17) is 10.5 Å². The van der Waals surface area contributed by atoms with Gasteiger partial charge in [0.2, 0.25) is 0 Å². The number of hydrogen-bond donors (Lipinski definition) is 2. The number of aliphatic hydroxyl groups excluding tert-OH is 1. The van der Waals surface area contributed by atoms with Crippen LogP contribution in [0.25, 0.3) is 0 Å². The van der Waals surface area contributed by atoms with E-state index < -0.39 is 6.10 Å². The van der Waals surface area contributed by atoms with Crippen molar-refractivity contribution in [1.82, 2.24) is 0 Å². The standard InChI is InChI=1S/C15H17NO2/c1-11(17)14-9-13(7-8-15(14)16)18-10-12-5-3-2-4-6-12/h2-9,11,17H,10,16H2,1H3. The Hall–Kier alpha value is -2.00. The van der Waals surface area contributed by atoms with Crippen molar-refractivity contribution in [2.45, 2.75) is 19.6 Å². The van der Waals surface area contributed by atoms with Crippen molar-refractivity contribution in [3.63, 3.8) is 0 Å². The highest BCUT2D eigenvalue weighted by atomic mass is 16.5. The molecule has 0 saturated carbocycles. The largest absolute Gasteiger partial charge is 0.489 e. The van der Waals surface area contributed by atoms with Gasteiger partial charge in [0.05, 0.1) is 6.10 Å². The molecule has 0 aromatic heterocycles. The second-order valence-corrected chi connectivity index (χ2v) is 4.24. The first-order valence-electron chi connectivity index (χ1n) is 5.91. The van der Waals surface area contributed by atoms with Gasteiger partial charge in [0, 0.05) is 11.3 Å². The van der Waals surface area contributed by atoms with Crippen LogP contribution in [-0.4, -0.2) is 5.11 Å². The monoisotopic (exact) mass is 243 g/mol. The van der Waals surface area contributed by atoms with Crippen LogP contribution in [0.2, 0.25) is 0 Å². The Kier molecular flexibility index (Phi) is 3.85. The predicted octanol–water partition coefficient (Wildman–Crippen LogP) is 2.90. The number of hydrogen-bond acceptors (Lipinski definition) is 3. The van der Waals surface area contributed by atoms with Crippen molar-refractivity contribution in [3.05, 3.63) is 59.7 Å². The normalized spacial score (nSPS) is 12.1. The van der Waals surface area contributed by atoms with E-state index in [1.807, 2.05) is 36.4 Å². The summed E-state index contributed by atoms with van der Waals surface area (Å²) in [5.41, 5.74) is 8.16. The summed E-state index contributed by atoms with van der Waals surface area (Å²) in [7, 11) is 0. The molecular formula is C15H17NO2. The Labute approximate surface area is 107 Å². The first-order chi connectivity index (χ1) is 8.66. The second kappa shape index (κ2) is 5.56. The maximum absolute atomic E-state index is 9.58. The number of nitrogens with two attached hydrogens (primary N) is 1. The minimum atomic E-state index is -0.592. The number of anilines is 1. The molecule has 3 heteroatoms. The van der Waals surface area contributed by atoms with Crippen LogP contribution in [0.4, 0.5) is 5.69 Å². The summed E-state index contributed by atoms with van der Waals surface area (Å²) in [4.78, 5) is 0. The summed E-state index contributed by atoms with van der Waals surface area (Å²) >= 11 is 0. The smallest absolute Gasteiger partial charge is 0.120 e. The van der Waals surface area contributed by atoms with Gasteiger partial charge in [0.25, 0.3) is 0 Å². The summed E-state index contributed by atoms with van der Waals surface area (Å²) < 4.78 is 5.67. The van der Waals surface area contributed by atoms with E-state index in [0.717, 1.165) is 5.56 Å². The zero-order chi connectivity index (χ0) is 13.0. The molecule has 0 saturated heterocycles. The van der Waals surface area contributed by atoms with Crippen molar-refractivity contribution in [2.75, 3.05) is 5.73 Å². The van der Waals surface area contributed by atoms with Crippen molar-refractivity contribution in [1.29, 1.82) is 0 Å². The van der Waals surface area contributed by atoms with E-state index >= 15 is 0 Å². The van der Waals surface area contributed by atoms with Crippen molar-refractivity contribution >= 4 is 5.69 Å². The van der Waals surface area contributed by atoms with Crippen LogP contribution in [-0.2, 0) is 6.61 Å². The van der Waals surface area contributed by atoms with E-state index in [0.29, 0.717) is 23.6 Å². The molecule has 1 atom stereocenters. The molecule has 2 rings (SSSR count). The molecule has 0 heterocycles. The molecule has 18 heavy (non-hydrogen) atoms. The number of rotatable bonds is 4. The zero-order valence-electron chi connectivity index (χ0n) is 10.3. The van der Waals surface area contributed by atoms with Crippen LogP contribution in [0.15, 0.2) is 48.5 Å². The van der Waals surface area contributed by atoms with Crippen molar-refractivity contribution in [2.24, 2.45) is 0 Å². The van der Waals surface area contributed by atoms with Gasteiger partial charge in [0.1, 0.15) is 12.4 Å². The minimum Gasteiger partial charge on any atom is -0.489 e. The summed E-state index contributed by atoms with van der Waals surface area (Å²) in [5.74, 6) is 0.712. The van der Waals surface area contributed by atoms with E-state index in [1.54, 1.807) is 19.1 Å². The van der Waals surface area contributed by atoms with Gasteiger partial charge in [-0.2, -0.15) is 0 Å². The molecule has 0 bridgehead atoms. The van der Waals surface area contributed by atoms with Crippen molar-refractivity contribution in [3.8, 4) is 5.75 Å².